The summed E-state index contributed by atoms with van der Waals surface area (Å²) in [5.74, 6) is 0. The SMILES string of the molecule is CCCNC(C)(CO)CCCOC(C)C(F)(F)F. The standard InChI is InChI=1S/C12H24F3NO2/c1-4-7-16-11(3,9-17)6-5-8-18-10(2)12(13,14)15/h10,16-17H,4-9H2,1-3H3. The summed E-state index contributed by atoms with van der Waals surface area (Å²) in [7, 11) is 0. The Kier molecular flexibility index (Phi) is 7.82. The van der Waals surface area contributed by atoms with E-state index in [0.29, 0.717) is 12.8 Å². The Labute approximate surface area is 107 Å². The van der Waals surface area contributed by atoms with Gasteiger partial charge in [0, 0.05) is 12.1 Å². The molecule has 18 heavy (non-hydrogen) atoms. The summed E-state index contributed by atoms with van der Waals surface area (Å²) in [5, 5.41) is 12.5. The quantitative estimate of drug-likeness (QED) is 0.633. The van der Waals surface area contributed by atoms with Gasteiger partial charge in [0.15, 0.2) is 6.10 Å². The molecule has 0 rings (SSSR count). The van der Waals surface area contributed by atoms with Crippen LogP contribution in [-0.2, 0) is 4.74 Å². The van der Waals surface area contributed by atoms with E-state index in [1.807, 2.05) is 13.8 Å². The molecule has 3 nitrogen and oxygen atoms in total. The molecule has 0 radical (unpaired) electrons. The predicted octanol–water partition coefficient (Wildman–Crippen LogP) is 2.48. The number of nitrogens with one attached hydrogen (secondary N) is 1. The van der Waals surface area contributed by atoms with Crippen LogP contribution in [0.1, 0.15) is 40.0 Å². The van der Waals surface area contributed by atoms with Gasteiger partial charge in [-0.05, 0) is 39.7 Å². The van der Waals surface area contributed by atoms with Gasteiger partial charge in [-0.15, -0.1) is 0 Å². The first kappa shape index (κ1) is 17.7. The highest BCUT2D eigenvalue weighted by molar-refractivity contribution is 4.81. The minimum absolute atomic E-state index is 0.0399. The fourth-order valence-electron chi connectivity index (χ4n) is 1.47. The molecule has 0 saturated heterocycles. The molecule has 0 bridgehead atoms. The first-order valence-electron chi connectivity index (χ1n) is 6.29. The second kappa shape index (κ2) is 7.96. The van der Waals surface area contributed by atoms with E-state index in [4.69, 9.17) is 4.74 Å². The Hall–Kier alpha value is -0.330. The van der Waals surface area contributed by atoms with Crippen LogP contribution in [0.25, 0.3) is 0 Å². The molecule has 0 aliphatic heterocycles. The van der Waals surface area contributed by atoms with Crippen molar-refractivity contribution in [1.29, 1.82) is 0 Å². The Morgan fingerprint density at radius 3 is 2.39 bits per heavy atom. The Morgan fingerprint density at radius 1 is 1.33 bits per heavy atom. The third kappa shape index (κ3) is 7.18. The van der Waals surface area contributed by atoms with Crippen molar-refractivity contribution in [3.05, 3.63) is 0 Å². The molecular weight excluding hydrogens is 247 g/mol. The highest BCUT2D eigenvalue weighted by Crippen LogP contribution is 2.22. The maximum Gasteiger partial charge on any atom is 0.414 e. The average Bonchev–Trinajstić information content (AvgIpc) is 2.30. The van der Waals surface area contributed by atoms with Crippen molar-refractivity contribution in [2.75, 3.05) is 19.8 Å². The molecule has 0 saturated carbocycles. The van der Waals surface area contributed by atoms with Gasteiger partial charge in [0.05, 0.1) is 6.61 Å². The van der Waals surface area contributed by atoms with E-state index in [2.05, 4.69) is 5.32 Å². The Morgan fingerprint density at radius 2 is 1.94 bits per heavy atom. The van der Waals surface area contributed by atoms with Crippen LogP contribution in [0.3, 0.4) is 0 Å². The number of aliphatic hydroxyl groups excluding tert-OH is 1. The van der Waals surface area contributed by atoms with Crippen molar-refractivity contribution in [1.82, 2.24) is 5.32 Å². The molecule has 0 heterocycles. The van der Waals surface area contributed by atoms with Gasteiger partial charge >= 0.3 is 6.18 Å². The summed E-state index contributed by atoms with van der Waals surface area (Å²) in [6, 6.07) is 0. The van der Waals surface area contributed by atoms with Crippen LogP contribution in [0.4, 0.5) is 13.2 Å². The maximum atomic E-state index is 12.2. The maximum absolute atomic E-state index is 12.2. The molecule has 0 aliphatic carbocycles. The van der Waals surface area contributed by atoms with E-state index >= 15 is 0 Å². The van der Waals surface area contributed by atoms with E-state index in [-0.39, 0.29) is 13.2 Å². The van der Waals surface area contributed by atoms with Crippen molar-refractivity contribution < 1.29 is 23.0 Å². The van der Waals surface area contributed by atoms with E-state index in [1.54, 1.807) is 0 Å². The van der Waals surface area contributed by atoms with Gasteiger partial charge in [-0.25, -0.2) is 0 Å². The molecule has 0 aromatic rings. The number of rotatable bonds is 9. The molecule has 110 valence electrons. The largest absolute Gasteiger partial charge is 0.414 e. The highest BCUT2D eigenvalue weighted by Gasteiger charge is 2.36. The number of aliphatic hydroxyl groups is 1. The zero-order chi connectivity index (χ0) is 14.2. The Bertz CT molecular complexity index is 224. The van der Waals surface area contributed by atoms with E-state index in [0.717, 1.165) is 19.9 Å². The topological polar surface area (TPSA) is 41.5 Å². The number of hydrogen-bond acceptors (Lipinski definition) is 3. The minimum atomic E-state index is -4.30. The molecule has 0 aromatic carbocycles. The summed E-state index contributed by atoms with van der Waals surface area (Å²) in [5.41, 5.74) is -0.444. The first-order valence-corrected chi connectivity index (χ1v) is 6.29. The summed E-state index contributed by atoms with van der Waals surface area (Å²) < 4.78 is 41.2. The second-order valence-corrected chi connectivity index (χ2v) is 4.80. The normalized spacial score (nSPS) is 17.5. The van der Waals surface area contributed by atoms with Crippen molar-refractivity contribution in [2.24, 2.45) is 0 Å². The summed E-state index contributed by atoms with van der Waals surface area (Å²) in [6.45, 7) is 5.65. The van der Waals surface area contributed by atoms with Crippen molar-refractivity contribution in [3.63, 3.8) is 0 Å². The number of ether oxygens (including phenoxy) is 1. The zero-order valence-electron chi connectivity index (χ0n) is 11.3. The Balaban J connectivity index is 3.87. The van der Waals surface area contributed by atoms with Gasteiger partial charge in [-0.2, -0.15) is 13.2 Å². The van der Waals surface area contributed by atoms with Crippen LogP contribution >= 0.6 is 0 Å². The van der Waals surface area contributed by atoms with Crippen molar-refractivity contribution in [3.8, 4) is 0 Å². The third-order valence-electron chi connectivity index (χ3n) is 2.85. The van der Waals surface area contributed by atoms with Gasteiger partial charge in [-0.1, -0.05) is 6.92 Å². The summed E-state index contributed by atoms with van der Waals surface area (Å²) >= 11 is 0. The highest BCUT2D eigenvalue weighted by atomic mass is 19.4. The lowest BCUT2D eigenvalue weighted by atomic mass is 9.97. The van der Waals surface area contributed by atoms with E-state index in [1.165, 1.54) is 0 Å². The number of alkyl halides is 3. The van der Waals surface area contributed by atoms with Gasteiger partial charge in [0.1, 0.15) is 0 Å². The van der Waals surface area contributed by atoms with Gasteiger partial charge in [0.25, 0.3) is 0 Å². The summed E-state index contributed by atoms with van der Waals surface area (Å²) in [4.78, 5) is 0. The first-order chi connectivity index (χ1) is 8.25. The van der Waals surface area contributed by atoms with Crippen LogP contribution in [0.5, 0.6) is 0 Å². The monoisotopic (exact) mass is 271 g/mol. The second-order valence-electron chi connectivity index (χ2n) is 4.80. The van der Waals surface area contributed by atoms with Crippen LogP contribution in [0.15, 0.2) is 0 Å². The smallest absolute Gasteiger partial charge is 0.394 e. The number of halogens is 3. The fourth-order valence-corrected chi connectivity index (χ4v) is 1.47. The van der Waals surface area contributed by atoms with Crippen molar-refractivity contribution in [2.45, 2.75) is 57.9 Å². The molecule has 0 aliphatic rings. The lowest BCUT2D eigenvalue weighted by Gasteiger charge is -2.29. The van der Waals surface area contributed by atoms with E-state index < -0.39 is 17.8 Å². The summed E-state index contributed by atoms with van der Waals surface area (Å²) in [6.07, 6.45) is -4.04. The lowest BCUT2D eigenvalue weighted by Crippen LogP contribution is -2.46. The van der Waals surface area contributed by atoms with Gasteiger partial charge < -0.3 is 15.2 Å². The zero-order valence-corrected chi connectivity index (χ0v) is 11.3. The molecular formula is C12H24F3NO2. The van der Waals surface area contributed by atoms with Crippen LogP contribution < -0.4 is 5.32 Å². The van der Waals surface area contributed by atoms with Gasteiger partial charge in [0.2, 0.25) is 0 Å². The molecule has 0 spiro atoms. The molecule has 0 fully saturated rings. The van der Waals surface area contributed by atoms with Gasteiger partial charge in [-0.3, -0.25) is 0 Å². The minimum Gasteiger partial charge on any atom is -0.394 e. The van der Waals surface area contributed by atoms with Crippen LogP contribution in [-0.4, -0.2) is 42.7 Å². The van der Waals surface area contributed by atoms with Crippen LogP contribution in [0, 0.1) is 0 Å². The molecule has 6 heteroatoms. The van der Waals surface area contributed by atoms with Crippen molar-refractivity contribution >= 4 is 0 Å². The lowest BCUT2D eigenvalue weighted by molar-refractivity contribution is -0.214. The molecule has 0 aromatic heterocycles. The molecule has 2 atom stereocenters. The number of hydrogen-bond donors (Lipinski definition) is 2. The molecule has 2 unspecified atom stereocenters. The van der Waals surface area contributed by atoms with E-state index in [9.17, 15) is 18.3 Å². The average molecular weight is 271 g/mol. The van der Waals surface area contributed by atoms with Crippen LogP contribution in [0.2, 0.25) is 0 Å². The molecule has 2 N–H and O–H groups in total. The molecule has 0 amide bonds. The fraction of sp³-hybridized carbons (Fsp3) is 1.00. The third-order valence-corrected chi connectivity index (χ3v) is 2.85. The predicted molar refractivity (Wildman–Crippen MR) is 64.5 cm³/mol.